The largest absolute Gasteiger partial charge is 0.352 e. The van der Waals surface area contributed by atoms with Gasteiger partial charge in [0.05, 0.1) is 34.6 Å². The molecule has 128 valence electrons. The van der Waals surface area contributed by atoms with Crippen molar-refractivity contribution in [2.75, 3.05) is 18.1 Å². The van der Waals surface area contributed by atoms with Gasteiger partial charge in [0, 0.05) is 6.54 Å². The maximum absolute atomic E-state index is 12.4. The molecule has 0 aliphatic carbocycles. The fraction of sp³-hybridized carbons (Fsp3) is 0.412. The molecular weight excluding hydrogens is 326 g/mol. The van der Waals surface area contributed by atoms with Crippen LogP contribution in [0.1, 0.15) is 28.0 Å². The number of carbonyl (C=O) groups is 1. The Morgan fingerprint density at radius 1 is 1.33 bits per heavy atom. The van der Waals surface area contributed by atoms with E-state index < -0.39 is 9.84 Å². The summed E-state index contributed by atoms with van der Waals surface area (Å²) in [5.74, 6) is 0.175. The van der Waals surface area contributed by atoms with E-state index in [0.29, 0.717) is 18.5 Å². The van der Waals surface area contributed by atoms with Crippen LogP contribution in [-0.4, -0.2) is 42.2 Å². The van der Waals surface area contributed by atoms with Gasteiger partial charge in [0.25, 0.3) is 5.91 Å². The lowest BCUT2D eigenvalue weighted by atomic mass is 10.1. The molecule has 1 saturated heterocycles. The van der Waals surface area contributed by atoms with E-state index in [1.54, 1.807) is 10.9 Å². The maximum atomic E-state index is 12.4. The predicted octanol–water partition coefficient (Wildman–Crippen LogP) is 1.65. The minimum absolute atomic E-state index is 0.00525. The first kappa shape index (κ1) is 16.7. The second-order valence-corrected chi connectivity index (χ2v) is 8.55. The molecule has 0 radical (unpaired) electrons. The molecule has 2 aromatic rings. The molecule has 1 aromatic carbocycles. The highest BCUT2D eigenvalue weighted by atomic mass is 32.2. The Morgan fingerprint density at radius 3 is 2.75 bits per heavy atom. The third-order valence-corrected chi connectivity index (χ3v) is 6.31. The van der Waals surface area contributed by atoms with Crippen LogP contribution < -0.4 is 5.32 Å². The van der Waals surface area contributed by atoms with E-state index in [1.165, 1.54) is 0 Å². The quantitative estimate of drug-likeness (QED) is 0.912. The van der Waals surface area contributed by atoms with Crippen molar-refractivity contribution in [1.29, 1.82) is 0 Å². The Morgan fingerprint density at radius 2 is 2.08 bits per heavy atom. The number of aromatic nitrogens is 2. The third-order valence-electron chi connectivity index (χ3n) is 4.48. The van der Waals surface area contributed by atoms with Crippen LogP contribution in [0.5, 0.6) is 0 Å². The zero-order valence-electron chi connectivity index (χ0n) is 13.8. The highest BCUT2D eigenvalue weighted by molar-refractivity contribution is 7.91. The van der Waals surface area contributed by atoms with Gasteiger partial charge < -0.3 is 5.32 Å². The van der Waals surface area contributed by atoms with Crippen LogP contribution in [0.15, 0.2) is 30.5 Å². The molecule has 1 N–H and O–H groups in total. The highest BCUT2D eigenvalue weighted by Crippen LogP contribution is 2.19. The summed E-state index contributed by atoms with van der Waals surface area (Å²) < 4.78 is 24.7. The second kappa shape index (κ2) is 6.39. The summed E-state index contributed by atoms with van der Waals surface area (Å²) in [6, 6.07) is 7.85. The number of hydrogen-bond acceptors (Lipinski definition) is 4. The standard InChI is InChI=1S/C17H21N3O3S/c1-12-5-3-4-6-16(12)20-13(2)15(10-19-20)17(21)18-9-14-7-8-24(22,23)11-14/h3-6,10,14H,7-9,11H2,1-2H3,(H,18,21)/t14-/m0/s1. The molecule has 1 atom stereocenters. The fourth-order valence-electron chi connectivity index (χ4n) is 3.04. The molecule has 1 amide bonds. The van der Waals surface area contributed by atoms with Crippen molar-refractivity contribution >= 4 is 15.7 Å². The third kappa shape index (κ3) is 3.36. The number of aryl methyl sites for hydroxylation is 1. The number of hydrogen-bond donors (Lipinski definition) is 1. The van der Waals surface area contributed by atoms with Crippen LogP contribution in [0.2, 0.25) is 0 Å². The van der Waals surface area contributed by atoms with Crippen LogP contribution in [0.25, 0.3) is 5.69 Å². The molecule has 1 aliphatic rings. The fourth-order valence-corrected chi connectivity index (χ4v) is 4.90. The first-order chi connectivity index (χ1) is 11.4. The Bertz CT molecular complexity index is 871. The molecule has 2 heterocycles. The van der Waals surface area contributed by atoms with Gasteiger partial charge in [0.2, 0.25) is 0 Å². The van der Waals surface area contributed by atoms with Gasteiger partial charge in [-0.25, -0.2) is 13.1 Å². The normalized spacial score (nSPS) is 19.3. The van der Waals surface area contributed by atoms with Gasteiger partial charge in [-0.3, -0.25) is 4.79 Å². The summed E-state index contributed by atoms with van der Waals surface area (Å²) in [5, 5.41) is 7.17. The molecule has 6 nitrogen and oxygen atoms in total. The molecule has 1 aliphatic heterocycles. The van der Waals surface area contributed by atoms with Crippen LogP contribution >= 0.6 is 0 Å². The van der Waals surface area contributed by atoms with Gasteiger partial charge in [0.1, 0.15) is 0 Å². The molecule has 0 saturated carbocycles. The maximum Gasteiger partial charge on any atom is 0.254 e. The topological polar surface area (TPSA) is 81.1 Å². The first-order valence-corrected chi connectivity index (χ1v) is 9.79. The van der Waals surface area contributed by atoms with E-state index in [2.05, 4.69) is 10.4 Å². The highest BCUT2D eigenvalue weighted by Gasteiger charge is 2.28. The first-order valence-electron chi connectivity index (χ1n) is 7.96. The van der Waals surface area contributed by atoms with E-state index in [4.69, 9.17) is 0 Å². The molecule has 0 spiro atoms. The number of nitrogens with zero attached hydrogens (tertiary/aromatic N) is 2. The molecule has 0 unspecified atom stereocenters. The van der Waals surface area contributed by atoms with Gasteiger partial charge in [-0.15, -0.1) is 0 Å². The monoisotopic (exact) mass is 347 g/mol. The number of benzene rings is 1. The molecule has 24 heavy (non-hydrogen) atoms. The Balaban J connectivity index is 1.72. The second-order valence-electron chi connectivity index (χ2n) is 6.32. The van der Waals surface area contributed by atoms with Gasteiger partial charge in [-0.1, -0.05) is 18.2 Å². The van der Waals surface area contributed by atoms with Crippen molar-refractivity contribution in [3.05, 3.63) is 47.3 Å². The summed E-state index contributed by atoms with van der Waals surface area (Å²) >= 11 is 0. The number of amides is 1. The van der Waals surface area contributed by atoms with Crippen LogP contribution in [0, 0.1) is 19.8 Å². The van der Waals surface area contributed by atoms with E-state index in [-0.39, 0.29) is 23.3 Å². The summed E-state index contributed by atoms with van der Waals surface area (Å²) in [6.07, 6.45) is 2.17. The van der Waals surface area contributed by atoms with Crippen molar-refractivity contribution in [2.24, 2.45) is 5.92 Å². The van der Waals surface area contributed by atoms with Crippen molar-refractivity contribution in [2.45, 2.75) is 20.3 Å². The number of para-hydroxylation sites is 1. The average molecular weight is 347 g/mol. The molecule has 3 rings (SSSR count). The van der Waals surface area contributed by atoms with E-state index in [0.717, 1.165) is 16.9 Å². The number of sulfone groups is 1. The molecule has 7 heteroatoms. The van der Waals surface area contributed by atoms with Crippen molar-refractivity contribution in [3.63, 3.8) is 0 Å². The number of rotatable bonds is 4. The minimum atomic E-state index is -2.92. The summed E-state index contributed by atoms with van der Waals surface area (Å²) in [5.41, 5.74) is 3.29. The minimum Gasteiger partial charge on any atom is -0.352 e. The zero-order chi connectivity index (χ0) is 17.3. The molecule has 1 fully saturated rings. The Kier molecular flexibility index (Phi) is 4.45. The van der Waals surface area contributed by atoms with Gasteiger partial charge in [-0.2, -0.15) is 5.10 Å². The van der Waals surface area contributed by atoms with Gasteiger partial charge in [0.15, 0.2) is 9.84 Å². The lowest BCUT2D eigenvalue weighted by Crippen LogP contribution is -2.30. The van der Waals surface area contributed by atoms with Crippen LogP contribution in [0.3, 0.4) is 0 Å². The molecule has 0 bridgehead atoms. The summed E-state index contributed by atoms with van der Waals surface area (Å²) in [4.78, 5) is 12.4. The number of carbonyl (C=O) groups excluding carboxylic acids is 1. The summed E-state index contributed by atoms with van der Waals surface area (Å²) in [7, 11) is -2.92. The molecular formula is C17H21N3O3S. The lowest BCUT2D eigenvalue weighted by Gasteiger charge is -2.10. The molecule has 1 aromatic heterocycles. The predicted molar refractivity (Wildman–Crippen MR) is 92.1 cm³/mol. The lowest BCUT2D eigenvalue weighted by molar-refractivity contribution is 0.0948. The van der Waals surface area contributed by atoms with E-state index in [9.17, 15) is 13.2 Å². The zero-order valence-corrected chi connectivity index (χ0v) is 14.6. The van der Waals surface area contributed by atoms with E-state index >= 15 is 0 Å². The van der Waals surface area contributed by atoms with Crippen LogP contribution in [0.4, 0.5) is 0 Å². The van der Waals surface area contributed by atoms with Crippen molar-refractivity contribution < 1.29 is 13.2 Å². The average Bonchev–Trinajstić information content (AvgIpc) is 3.08. The van der Waals surface area contributed by atoms with Crippen LogP contribution in [-0.2, 0) is 9.84 Å². The Labute approximate surface area is 141 Å². The summed E-state index contributed by atoms with van der Waals surface area (Å²) in [6.45, 7) is 4.23. The number of nitrogens with one attached hydrogen (secondary N) is 1. The van der Waals surface area contributed by atoms with Crippen molar-refractivity contribution in [1.82, 2.24) is 15.1 Å². The smallest absolute Gasteiger partial charge is 0.254 e. The Hall–Kier alpha value is -2.15. The van der Waals surface area contributed by atoms with Gasteiger partial charge in [-0.05, 0) is 37.8 Å². The van der Waals surface area contributed by atoms with Gasteiger partial charge >= 0.3 is 0 Å². The van der Waals surface area contributed by atoms with Crippen molar-refractivity contribution in [3.8, 4) is 5.69 Å². The SMILES string of the molecule is Cc1ccccc1-n1ncc(C(=O)NC[C@@H]2CCS(=O)(=O)C2)c1C. The van der Waals surface area contributed by atoms with E-state index in [1.807, 2.05) is 38.1 Å².